The summed E-state index contributed by atoms with van der Waals surface area (Å²) in [6.45, 7) is 3.29. The minimum Gasteiger partial charge on any atom is -0.494 e. The molecule has 0 spiro atoms. The van der Waals surface area contributed by atoms with E-state index in [4.69, 9.17) is 4.74 Å². The molecule has 0 radical (unpaired) electrons. The van der Waals surface area contributed by atoms with E-state index in [2.05, 4.69) is 31.3 Å². The van der Waals surface area contributed by atoms with E-state index in [1.807, 2.05) is 49.5 Å². The minimum atomic E-state index is 0.606. The van der Waals surface area contributed by atoms with Crippen LogP contribution in [0.2, 0.25) is 0 Å². The van der Waals surface area contributed by atoms with E-state index in [0.717, 1.165) is 21.4 Å². The van der Waals surface area contributed by atoms with Crippen molar-refractivity contribution in [3.05, 3.63) is 52.6 Å². The monoisotopic (exact) mass is 346 g/mol. The van der Waals surface area contributed by atoms with E-state index in [9.17, 15) is 0 Å². The summed E-state index contributed by atoms with van der Waals surface area (Å²) in [5.41, 5.74) is 1.93. The predicted octanol–water partition coefficient (Wildman–Crippen LogP) is 3.50. The molecule has 0 saturated carbocycles. The molecule has 0 fully saturated rings. The molecule has 2 aromatic heterocycles. The molecule has 0 aliphatic rings. The Kier molecular flexibility index (Phi) is 4.06. The molecule has 6 heteroatoms. The van der Waals surface area contributed by atoms with Gasteiger partial charge in [-0.1, -0.05) is 12.1 Å². The van der Waals surface area contributed by atoms with Crippen molar-refractivity contribution in [1.29, 1.82) is 0 Å². The Morgan fingerprint density at radius 1 is 1.29 bits per heavy atom. The molecule has 0 bridgehead atoms. The highest BCUT2D eigenvalue weighted by Crippen LogP contribution is 2.15. The molecule has 0 atom stereocenters. The molecule has 0 aliphatic carbocycles. The van der Waals surface area contributed by atoms with Gasteiger partial charge in [-0.3, -0.25) is 0 Å². The lowest BCUT2D eigenvalue weighted by Crippen LogP contribution is -2.02. The number of benzene rings is 1. The zero-order valence-corrected chi connectivity index (χ0v) is 13.2. The van der Waals surface area contributed by atoms with Gasteiger partial charge in [0, 0.05) is 17.2 Å². The summed E-state index contributed by atoms with van der Waals surface area (Å²) in [6, 6.07) is 11.9. The van der Waals surface area contributed by atoms with E-state index in [1.165, 1.54) is 0 Å². The maximum Gasteiger partial charge on any atom is 0.243 e. The van der Waals surface area contributed by atoms with Crippen molar-refractivity contribution in [2.75, 3.05) is 11.9 Å². The molecule has 0 amide bonds. The Morgan fingerprint density at radius 3 is 3.05 bits per heavy atom. The van der Waals surface area contributed by atoms with Crippen LogP contribution in [-0.2, 0) is 6.54 Å². The molecular weight excluding hydrogens is 332 g/mol. The third-order valence-electron chi connectivity index (χ3n) is 2.95. The molecule has 1 N–H and O–H groups in total. The average molecular weight is 347 g/mol. The first-order valence-corrected chi connectivity index (χ1v) is 7.51. The Balaban J connectivity index is 1.72. The lowest BCUT2D eigenvalue weighted by Gasteiger charge is -2.06. The first-order chi connectivity index (χ1) is 10.2. The fourth-order valence-electron chi connectivity index (χ4n) is 2.03. The van der Waals surface area contributed by atoms with Crippen LogP contribution in [0.4, 0.5) is 5.95 Å². The van der Waals surface area contributed by atoms with Crippen LogP contribution in [0.5, 0.6) is 5.75 Å². The van der Waals surface area contributed by atoms with Crippen molar-refractivity contribution in [2.24, 2.45) is 0 Å². The number of nitrogens with zero attached hydrogens (tertiary/aromatic N) is 3. The van der Waals surface area contributed by atoms with Crippen LogP contribution in [0, 0.1) is 0 Å². The summed E-state index contributed by atoms with van der Waals surface area (Å²) in [4.78, 5) is 4.42. The average Bonchev–Trinajstić information content (AvgIpc) is 2.88. The van der Waals surface area contributed by atoms with Gasteiger partial charge in [-0.05, 0) is 52.7 Å². The van der Waals surface area contributed by atoms with Crippen molar-refractivity contribution in [2.45, 2.75) is 13.5 Å². The second-order valence-electron chi connectivity index (χ2n) is 4.52. The van der Waals surface area contributed by atoms with Gasteiger partial charge in [0.25, 0.3) is 0 Å². The van der Waals surface area contributed by atoms with E-state index in [0.29, 0.717) is 19.1 Å². The van der Waals surface area contributed by atoms with Crippen molar-refractivity contribution in [3.8, 4) is 5.75 Å². The number of aromatic nitrogens is 3. The Hall–Kier alpha value is -2.08. The topological polar surface area (TPSA) is 51.5 Å². The number of hydrogen-bond donors (Lipinski definition) is 1. The van der Waals surface area contributed by atoms with Gasteiger partial charge in [0.05, 0.1) is 6.61 Å². The zero-order valence-electron chi connectivity index (χ0n) is 11.6. The summed E-state index contributed by atoms with van der Waals surface area (Å²) in [5, 5.41) is 7.61. The molecule has 5 nitrogen and oxygen atoms in total. The van der Waals surface area contributed by atoms with Crippen molar-refractivity contribution in [1.82, 2.24) is 14.6 Å². The zero-order chi connectivity index (χ0) is 14.7. The number of hydrogen-bond acceptors (Lipinski definition) is 4. The Labute approximate surface area is 131 Å². The predicted molar refractivity (Wildman–Crippen MR) is 85.6 cm³/mol. The lowest BCUT2D eigenvalue weighted by molar-refractivity contribution is 0.340. The van der Waals surface area contributed by atoms with Crippen LogP contribution in [0.15, 0.2) is 47.1 Å². The quantitative estimate of drug-likeness (QED) is 0.768. The number of halogens is 1. The molecular formula is C15H15BrN4O. The van der Waals surface area contributed by atoms with Crippen molar-refractivity contribution < 1.29 is 4.74 Å². The molecule has 2 heterocycles. The van der Waals surface area contributed by atoms with E-state index < -0.39 is 0 Å². The summed E-state index contributed by atoms with van der Waals surface area (Å²) >= 11 is 3.42. The number of nitrogens with one attached hydrogen (secondary N) is 1. The fraction of sp³-hybridized carbons (Fsp3) is 0.200. The summed E-state index contributed by atoms with van der Waals surface area (Å²) < 4.78 is 8.20. The Morgan fingerprint density at radius 2 is 2.19 bits per heavy atom. The van der Waals surface area contributed by atoms with Crippen LogP contribution < -0.4 is 10.1 Å². The third kappa shape index (κ3) is 3.33. The van der Waals surface area contributed by atoms with E-state index in [1.54, 1.807) is 4.52 Å². The van der Waals surface area contributed by atoms with Crippen LogP contribution >= 0.6 is 15.9 Å². The maximum absolute atomic E-state index is 5.49. The standard InChI is InChI=1S/C15H15BrN4O/c1-2-21-13-5-3-4-11(8-13)9-17-15-18-14-7-6-12(16)10-20(14)19-15/h3-8,10H,2,9H2,1H3,(H,17,19). The number of anilines is 1. The van der Waals surface area contributed by atoms with Gasteiger partial charge in [-0.2, -0.15) is 4.98 Å². The maximum atomic E-state index is 5.49. The SMILES string of the molecule is CCOc1cccc(CNc2nc3ccc(Br)cn3n2)c1. The summed E-state index contributed by atoms with van der Waals surface area (Å²) in [6.07, 6.45) is 1.88. The highest BCUT2D eigenvalue weighted by molar-refractivity contribution is 9.10. The first-order valence-electron chi connectivity index (χ1n) is 6.72. The second kappa shape index (κ2) is 6.13. The van der Waals surface area contributed by atoms with Gasteiger partial charge in [0.15, 0.2) is 5.65 Å². The normalized spacial score (nSPS) is 10.8. The molecule has 108 valence electrons. The molecule has 0 saturated heterocycles. The van der Waals surface area contributed by atoms with Gasteiger partial charge in [0.1, 0.15) is 5.75 Å². The molecule has 3 rings (SSSR count). The summed E-state index contributed by atoms with van der Waals surface area (Å²) in [5.74, 6) is 1.48. The molecule has 1 aromatic carbocycles. The van der Waals surface area contributed by atoms with Gasteiger partial charge in [0.2, 0.25) is 5.95 Å². The van der Waals surface area contributed by atoms with E-state index >= 15 is 0 Å². The largest absolute Gasteiger partial charge is 0.494 e. The van der Waals surface area contributed by atoms with Gasteiger partial charge < -0.3 is 10.1 Å². The van der Waals surface area contributed by atoms with Gasteiger partial charge >= 0.3 is 0 Å². The number of rotatable bonds is 5. The van der Waals surface area contributed by atoms with Crippen LogP contribution in [0.25, 0.3) is 5.65 Å². The highest BCUT2D eigenvalue weighted by Gasteiger charge is 2.04. The van der Waals surface area contributed by atoms with Crippen LogP contribution in [-0.4, -0.2) is 21.2 Å². The number of ether oxygens (including phenoxy) is 1. The third-order valence-corrected chi connectivity index (χ3v) is 3.42. The van der Waals surface area contributed by atoms with E-state index in [-0.39, 0.29) is 0 Å². The molecule has 0 unspecified atom stereocenters. The minimum absolute atomic E-state index is 0.606. The molecule has 0 aliphatic heterocycles. The molecule has 3 aromatic rings. The van der Waals surface area contributed by atoms with Gasteiger partial charge in [-0.25, -0.2) is 4.52 Å². The number of fused-ring (bicyclic) bond motifs is 1. The van der Waals surface area contributed by atoms with Crippen molar-refractivity contribution >= 4 is 27.5 Å². The van der Waals surface area contributed by atoms with Crippen LogP contribution in [0.1, 0.15) is 12.5 Å². The number of pyridine rings is 1. The summed E-state index contributed by atoms with van der Waals surface area (Å²) in [7, 11) is 0. The Bertz CT molecular complexity index is 756. The second-order valence-corrected chi connectivity index (χ2v) is 5.44. The first kappa shape index (κ1) is 13.9. The smallest absolute Gasteiger partial charge is 0.243 e. The fourth-order valence-corrected chi connectivity index (χ4v) is 2.35. The molecule has 21 heavy (non-hydrogen) atoms. The lowest BCUT2D eigenvalue weighted by atomic mass is 10.2. The van der Waals surface area contributed by atoms with Gasteiger partial charge in [-0.15, -0.1) is 5.10 Å². The van der Waals surface area contributed by atoms with Crippen LogP contribution in [0.3, 0.4) is 0 Å². The highest BCUT2D eigenvalue weighted by atomic mass is 79.9. The van der Waals surface area contributed by atoms with Crippen molar-refractivity contribution in [3.63, 3.8) is 0 Å².